The lowest BCUT2D eigenvalue weighted by Gasteiger charge is -2.05. The van der Waals surface area contributed by atoms with Crippen molar-refractivity contribution in [2.24, 2.45) is 0 Å². The molecule has 3 aromatic rings. The smallest absolute Gasteiger partial charge is 0.224 e. The standard InChI is InChI=1S/C17H20N6OS/c1-12(2)15-10-25-17(20-15)7-8-18-16(24)9-13-3-5-14(6-4-13)23-11-19-21-22-23/h3-6,10-12H,7-9H2,1-2H3,(H,18,24). The molecule has 130 valence electrons. The number of carbonyl (C=O) groups excluding carboxylic acids is 1. The molecule has 1 aromatic carbocycles. The lowest BCUT2D eigenvalue weighted by molar-refractivity contribution is -0.120. The summed E-state index contributed by atoms with van der Waals surface area (Å²) in [5, 5.41) is 17.1. The van der Waals surface area contributed by atoms with E-state index in [1.54, 1.807) is 16.0 Å². The molecule has 0 spiro atoms. The second kappa shape index (κ2) is 7.98. The van der Waals surface area contributed by atoms with Crippen molar-refractivity contribution < 1.29 is 4.79 Å². The SMILES string of the molecule is CC(C)c1csc(CCNC(=O)Cc2ccc(-n3cnnn3)cc2)n1. The topological polar surface area (TPSA) is 85.6 Å². The van der Waals surface area contributed by atoms with Gasteiger partial charge in [-0.1, -0.05) is 26.0 Å². The van der Waals surface area contributed by atoms with Crippen LogP contribution in [0.5, 0.6) is 0 Å². The zero-order chi connectivity index (χ0) is 17.6. The Balaban J connectivity index is 1.45. The Morgan fingerprint density at radius 3 is 2.72 bits per heavy atom. The molecule has 0 saturated carbocycles. The first-order valence-corrected chi connectivity index (χ1v) is 9.03. The van der Waals surface area contributed by atoms with Crippen LogP contribution in [0.4, 0.5) is 0 Å². The highest BCUT2D eigenvalue weighted by molar-refractivity contribution is 7.09. The molecule has 1 amide bonds. The molecule has 1 N–H and O–H groups in total. The van der Waals surface area contributed by atoms with E-state index in [0.717, 1.165) is 28.4 Å². The Hall–Kier alpha value is -2.61. The molecular weight excluding hydrogens is 336 g/mol. The van der Waals surface area contributed by atoms with Gasteiger partial charge >= 0.3 is 0 Å². The first kappa shape index (κ1) is 17.2. The maximum atomic E-state index is 12.1. The highest BCUT2D eigenvalue weighted by Crippen LogP contribution is 2.17. The highest BCUT2D eigenvalue weighted by atomic mass is 32.1. The lowest BCUT2D eigenvalue weighted by Crippen LogP contribution is -2.27. The van der Waals surface area contributed by atoms with Crippen LogP contribution in [-0.2, 0) is 17.6 Å². The number of hydrogen-bond acceptors (Lipinski definition) is 6. The maximum Gasteiger partial charge on any atom is 0.224 e. The molecule has 0 aliphatic carbocycles. The molecular formula is C17H20N6OS. The van der Waals surface area contributed by atoms with Gasteiger partial charge in [0.1, 0.15) is 6.33 Å². The van der Waals surface area contributed by atoms with Crippen molar-refractivity contribution in [1.82, 2.24) is 30.5 Å². The van der Waals surface area contributed by atoms with Crippen LogP contribution in [0.25, 0.3) is 5.69 Å². The van der Waals surface area contributed by atoms with E-state index in [1.807, 2.05) is 24.3 Å². The summed E-state index contributed by atoms with van der Waals surface area (Å²) in [6.07, 6.45) is 2.65. The average molecular weight is 356 g/mol. The Bertz CT molecular complexity index is 810. The number of hydrogen-bond donors (Lipinski definition) is 1. The third-order valence-corrected chi connectivity index (χ3v) is 4.66. The maximum absolute atomic E-state index is 12.1. The van der Waals surface area contributed by atoms with E-state index in [1.165, 1.54) is 6.33 Å². The van der Waals surface area contributed by atoms with E-state index >= 15 is 0 Å². The van der Waals surface area contributed by atoms with Crippen molar-refractivity contribution in [3.63, 3.8) is 0 Å². The van der Waals surface area contributed by atoms with Crippen LogP contribution >= 0.6 is 11.3 Å². The third-order valence-electron chi connectivity index (χ3n) is 3.74. The molecule has 2 heterocycles. The van der Waals surface area contributed by atoms with Gasteiger partial charge in [0, 0.05) is 18.3 Å². The Labute approximate surface area is 150 Å². The molecule has 25 heavy (non-hydrogen) atoms. The second-order valence-electron chi connectivity index (χ2n) is 6.02. The number of amides is 1. The molecule has 2 aromatic heterocycles. The molecule has 3 rings (SSSR count). The molecule has 0 radical (unpaired) electrons. The zero-order valence-electron chi connectivity index (χ0n) is 14.2. The Kier molecular flexibility index (Phi) is 5.49. The van der Waals surface area contributed by atoms with E-state index in [4.69, 9.17) is 0 Å². The van der Waals surface area contributed by atoms with Gasteiger partial charge in [0.2, 0.25) is 5.91 Å². The monoisotopic (exact) mass is 356 g/mol. The van der Waals surface area contributed by atoms with Crippen molar-refractivity contribution in [2.45, 2.75) is 32.6 Å². The van der Waals surface area contributed by atoms with Gasteiger partial charge in [-0.05, 0) is 34.0 Å². The van der Waals surface area contributed by atoms with Crippen molar-refractivity contribution in [3.05, 3.63) is 52.2 Å². The predicted octanol–water partition coefficient (Wildman–Crippen LogP) is 2.14. The summed E-state index contributed by atoms with van der Waals surface area (Å²) in [7, 11) is 0. The molecule has 7 nitrogen and oxygen atoms in total. The summed E-state index contributed by atoms with van der Waals surface area (Å²) >= 11 is 1.65. The van der Waals surface area contributed by atoms with Crippen LogP contribution in [0.3, 0.4) is 0 Å². The summed E-state index contributed by atoms with van der Waals surface area (Å²) in [6, 6.07) is 7.60. The first-order chi connectivity index (χ1) is 12.1. The van der Waals surface area contributed by atoms with E-state index in [-0.39, 0.29) is 5.91 Å². The minimum Gasteiger partial charge on any atom is -0.355 e. The quantitative estimate of drug-likeness (QED) is 0.701. The number of carbonyl (C=O) groups is 1. The molecule has 0 fully saturated rings. The fourth-order valence-corrected chi connectivity index (χ4v) is 3.27. The number of nitrogens with one attached hydrogen (secondary N) is 1. The first-order valence-electron chi connectivity index (χ1n) is 8.15. The largest absolute Gasteiger partial charge is 0.355 e. The summed E-state index contributed by atoms with van der Waals surface area (Å²) in [4.78, 5) is 16.6. The van der Waals surface area contributed by atoms with Crippen molar-refractivity contribution in [3.8, 4) is 5.69 Å². The van der Waals surface area contributed by atoms with Crippen LogP contribution in [0, 0.1) is 0 Å². The van der Waals surface area contributed by atoms with Gasteiger partial charge in [-0.25, -0.2) is 9.67 Å². The molecule has 0 aliphatic rings. The van der Waals surface area contributed by atoms with Gasteiger partial charge in [0.25, 0.3) is 0 Å². The molecule has 0 atom stereocenters. The minimum atomic E-state index is 0.0100. The van der Waals surface area contributed by atoms with Gasteiger partial charge in [-0.3, -0.25) is 4.79 Å². The Morgan fingerprint density at radius 2 is 2.08 bits per heavy atom. The van der Waals surface area contributed by atoms with Crippen LogP contribution in [0.1, 0.15) is 36.0 Å². The van der Waals surface area contributed by atoms with Crippen LogP contribution < -0.4 is 5.32 Å². The van der Waals surface area contributed by atoms with Gasteiger partial charge in [-0.15, -0.1) is 16.4 Å². The number of aromatic nitrogens is 5. The van der Waals surface area contributed by atoms with E-state index < -0.39 is 0 Å². The molecule has 0 aliphatic heterocycles. The lowest BCUT2D eigenvalue weighted by atomic mass is 10.1. The average Bonchev–Trinajstić information content (AvgIpc) is 3.27. The number of tetrazole rings is 1. The molecule has 0 saturated heterocycles. The number of thiazole rings is 1. The fourth-order valence-electron chi connectivity index (χ4n) is 2.31. The van der Waals surface area contributed by atoms with E-state index in [2.05, 4.69) is 45.1 Å². The van der Waals surface area contributed by atoms with E-state index in [9.17, 15) is 4.79 Å². The van der Waals surface area contributed by atoms with Crippen LogP contribution in [-0.4, -0.2) is 37.6 Å². The third kappa shape index (κ3) is 4.69. The summed E-state index contributed by atoms with van der Waals surface area (Å²) < 4.78 is 1.57. The normalized spacial score (nSPS) is 11.0. The summed E-state index contributed by atoms with van der Waals surface area (Å²) in [6.45, 7) is 4.86. The number of nitrogens with zero attached hydrogens (tertiary/aromatic N) is 5. The molecule has 0 bridgehead atoms. The van der Waals surface area contributed by atoms with Gasteiger partial charge in [0.05, 0.1) is 22.8 Å². The van der Waals surface area contributed by atoms with Crippen LogP contribution in [0.2, 0.25) is 0 Å². The van der Waals surface area contributed by atoms with Crippen molar-refractivity contribution in [1.29, 1.82) is 0 Å². The predicted molar refractivity (Wildman–Crippen MR) is 95.8 cm³/mol. The summed E-state index contributed by atoms with van der Waals surface area (Å²) in [5.41, 5.74) is 2.93. The highest BCUT2D eigenvalue weighted by Gasteiger charge is 2.07. The number of rotatable bonds is 7. The van der Waals surface area contributed by atoms with Gasteiger partial charge in [0.15, 0.2) is 0 Å². The number of benzene rings is 1. The fraction of sp³-hybridized carbons (Fsp3) is 0.353. The second-order valence-corrected chi connectivity index (χ2v) is 6.96. The summed E-state index contributed by atoms with van der Waals surface area (Å²) in [5.74, 6) is 0.451. The van der Waals surface area contributed by atoms with Crippen molar-refractivity contribution in [2.75, 3.05) is 6.54 Å². The molecule has 0 unspecified atom stereocenters. The molecule has 8 heteroatoms. The van der Waals surface area contributed by atoms with Crippen molar-refractivity contribution >= 4 is 17.2 Å². The van der Waals surface area contributed by atoms with Crippen LogP contribution in [0.15, 0.2) is 36.0 Å². The van der Waals surface area contributed by atoms with E-state index in [0.29, 0.717) is 18.9 Å². The van der Waals surface area contributed by atoms with Gasteiger partial charge < -0.3 is 5.32 Å². The Morgan fingerprint density at radius 1 is 1.28 bits per heavy atom. The van der Waals surface area contributed by atoms with Gasteiger partial charge in [-0.2, -0.15) is 0 Å². The minimum absolute atomic E-state index is 0.0100. The zero-order valence-corrected chi connectivity index (χ0v) is 15.0.